The molecule has 0 spiro atoms. The van der Waals surface area contributed by atoms with E-state index in [1.54, 1.807) is 0 Å². The quantitative estimate of drug-likeness (QED) is 0.486. The predicted octanol–water partition coefficient (Wildman–Crippen LogP) is 1.46. The normalized spacial score (nSPS) is 15.4. The van der Waals surface area contributed by atoms with Crippen molar-refractivity contribution < 1.29 is 0 Å². The van der Waals surface area contributed by atoms with Gasteiger partial charge in [-0.1, -0.05) is 37.9 Å². The van der Waals surface area contributed by atoms with Crippen molar-refractivity contribution in [3.05, 3.63) is 0 Å². The highest BCUT2D eigenvalue weighted by Gasteiger charge is 1.95. The van der Waals surface area contributed by atoms with Crippen LogP contribution in [-0.2, 0) is 0 Å². The fourth-order valence-corrected chi connectivity index (χ4v) is 0.250. The van der Waals surface area contributed by atoms with Crippen LogP contribution < -0.4 is 5.73 Å². The molecule has 1 nitrogen and oxygen atoms in total. The molecule has 1 rings (SSSR count). The molecule has 7 heavy (non-hydrogen) atoms. The van der Waals surface area contributed by atoms with E-state index in [2.05, 4.69) is 18.0 Å². The van der Waals surface area contributed by atoms with Gasteiger partial charge in [0.05, 0.1) is 5.49 Å². The lowest BCUT2D eigenvalue weighted by Gasteiger charge is -2.05. The third-order valence-electron chi connectivity index (χ3n) is 1.000. The van der Waals surface area contributed by atoms with Gasteiger partial charge < -0.3 is 5.73 Å². The van der Waals surface area contributed by atoms with E-state index in [-0.39, 0.29) is 0 Å². The van der Waals surface area contributed by atoms with Crippen LogP contribution in [0.3, 0.4) is 0 Å². The number of hydrogen-bond acceptors (Lipinski definition) is 1. The minimum atomic E-state index is 1.08. The first-order valence-corrected chi connectivity index (χ1v) is 3.04. The van der Waals surface area contributed by atoms with E-state index in [0.717, 1.165) is 5.49 Å². The average Bonchev–Trinajstić information content (AvgIpc) is 1.27. The van der Waals surface area contributed by atoms with E-state index in [4.69, 9.17) is 0 Å². The highest BCUT2D eigenvalue weighted by atomic mass is 32.1. The second kappa shape index (κ2) is 5.89. The van der Waals surface area contributed by atoms with Crippen molar-refractivity contribution in [2.24, 2.45) is 5.73 Å². The third-order valence-corrected chi connectivity index (χ3v) is 1.000. The second-order valence-electron chi connectivity index (χ2n) is 1.55. The molecule has 0 saturated heterocycles. The molecular formula is C5H11NS. The first-order valence-electron chi connectivity index (χ1n) is 2.57. The summed E-state index contributed by atoms with van der Waals surface area (Å²) in [5.41, 5.74) is 5.62. The number of thiocarbonyl (C=S) groups is 1. The minimum Gasteiger partial charge on any atom is -0.396 e. The maximum atomic E-state index is 4.54. The maximum Gasteiger partial charge on any atom is 0.0588 e. The van der Waals surface area contributed by atoms with Crippen molar-refractivity contribution in [2.45, 2.75) is 25.7 Å². The lowest BCUT2D eigenvalue weighted by atomic mass is 10.0. The van der Waals surface area contributed by atoms with Crippen molar-refractivity contribution in [3.63, 3.8) is 0 Å². The third kappa shape index (κ3) is 5.89. The summed E-state index contributed by atoms with van der Waals surface area (Å²) in [4.78, 5) is 0. The van der Waals surface area contributed by atoms with E-state index in [0.29, 0.717) is 0 Å². The standard InChI is InChI=1S/C4H8.CH3NS/c1-2-4-3-1;2-1-3/h1-4H2;1H,(H2,2,3). The van der Waals surface area contributed by atoms with Gasteiger partial charge in [0, 0.05) is 0 Å². The molecule has 0 unspecified atom stereocenters. The van der Waals surface area contributed by atoms with Gasteiger partial charge in [0.2, 0.25) is 0 Å². The number of nitrogens with two attached hydrogens (primary N) is 1. The Morgan fingerprint density at radius 2 is 1.29 bits per heavy atom. The first-order chi connectivity index (χ1) is 3.41. The molecule has 0 amide bonds. The summed E-state index contributed by atoms with van der Waals surface area (Å²) in [5.74, 6) is 0. The molecule has 0 bridgehead atoms. The molecule has 0 aromatic heterocycles. The largest absolute Gasteiger partial charge is 0.396 e. The summed E-state index contributed by atoms with van der Waals surface area (Å²) in [7, 11) is 0. The lowest BCUT2D eigenvalue weighted by molar-refractivity contribution is 0.504. The SMILES string of the molecule is C1CCC1.NC=S. The fraction of sp³-hybridized carbons (Fsp3) is 0.800. The van der Waals surface area contributed by atoms with Crippen molar-refractivity contribution in [3.8, 4) is 0 Å². The molecule has 1 aliphatic rings. The van der Waals surface area contributed by atoms with Crippen LogP contribution in [0.5, 0.6) is 0 Å². The fourth-order valence-electron chi connectivity index (χ4n) is 0.250. The zero-order valence-electron chi connectivity index (χ0n) is 4.39. The maximum absolute atomic E-state index is 4.54. The first kappa shape index (κ1) is 6.89. The van der Waals surface area contributed by atoms with E-state index >= 15 is 0 Å². The second-order valence-corrected chi connectivity index (χ2v) is 1.82. The number of hydrogen-bond donors (Lipinski definition) is 1. The molecular weight excluding hydrogens is 106 g/mol. The van der Waals surface area contributed by atoms with Crippen molar-refractivity contribution in [1.82, 2.24) is 0 Å². The van der Waals surface area contributed by atoms with Gasteiger partial charge in [0.25, 0.3) is 0 Å². The topological polar surface area (TPSA) is 26.0 Å². The highest BCUT2D eigenvalue weighted by molar-refractivity contribution is 7.78. The van der Waals surface area contributed by atoms with E-state index < -0.39 is 0 Å². The van der Waals surface area contributed by atoms with Gasteiger partial charge in [-0.25, -0.2) is 0 Å². The lowest BCUT2D eigenvalue weighted by Crippen LogP contribution is -1.85. The summed E-state index contributed by atoms with van der Waals surface area (Å²) in [6.45, 7) is 0. The van der Waals surface area contributed by atoms with E-state index in [1.165, 1.54) is 25.7 Å². The van der Waals surface area contributed by atoms with Crippen LogP contribution in [0.2, 0.25) is 0 Å². The van der Waals surface area contributed by atoms with Gasteiger partial charge in [-0.15, -0.1) is 0 Å². The van der Waals surface area contributed by atoms with E-state index in [9.17, 15) is 0 Å². The Morgan fingerprint density at radius 1 is 1.14 bits per heavy atom. The predicted molar refractivity (Wildman–Crippen MR) is 36.3 cm³/mol. The van der Waals surface area contributed by atoms with Gasteiger partial charge in [-0.05, 0) is 0 Å². The zero-order valence-corrected chi connectivity index (χ0v) is 5.21. The van der Waals surface area contributed by atoms with Crippen molar-refractivity contribution in [2.75, 3.05) is 0 Å². The molecule has 0 atom stereocenters. The van der Waals surface area contributed by atoms with Crippen LogP contribution in [-0.4, -0.2) is 5.49 Å². The molecule has 1 saturated carbocycles. The highest BCUT2D eigenvalue weighted by Crippen LogP contribution is 2.15. The molecule has 1 fully saturated rings. The van der Waals surface area contributed by atoms with Crippen LogP contribution in [0.4, 0.5) is 0 Å². The van der Waals surface area contributed by atoms with Crippen LogP contribution in [0.25, 0.3) is 0 Å². The van der Waals surface area contributed by atoms with Crippen molar-refractivity contribution in [1.29, 1.82) is 0 Å². The van der Waals surface area contributed by atoms with Crippen molar-refractivity contribution >= 4 is 17.7 Å². The number of rotatable bonds is 0. The van der Waals surface area contributed by atoms with Gasteiger partial charge >= 0.3 is 0 Å². The molecule has 42 valence electrons. The van der Waals surface area contributed by atoms with E-state index in [1.807, 2.05) is 0 Å². The van der Waals surface area contributed by atoms with Gasteiger partial charge in [0.15, 0.2) is 0 Å². The summed E-state index contributed by atoms with van der Waals surface area (Å²) in [5, 5.41) is 0. The average molecular weight is 117 g/mol. The summed E-state index contributed by atoms with van der Waals surface area (Å²) < 4.78 is 0. The molecule has 2 heteroatoms. The van der Waals surface area contributed by atoms with Gasteiger partial charge in [-0.2, -0.15) is 0 Å². The Balaban J connectivity index is 0.000000110. The Hall–Kier alpha value is -0.110. The van der Waals surface area contributed by atoms with Crippen LogP contribution >= 0.6 is 12.2 Å². The minimum absolute atomic E-state index is 1.08. The molecule has 0 radical (unpaired) electrons. The Labute approximate surface area is 49.9 Å². The zero-order chi connectivity index (χ0) is 5.54. The van der Waals surface area contributed by atoms with Gasteiger partial charge in [-0.3, -0.25) is 0 Å². The molecule has 2 N–H and O–H groups in total. The monoisotopic (exact) mass is 117 g/mol. The van der Waals surface area contributed by atoms with Crippen LogP contribution in [0.15, 0.2) is 0 Å². The van der Waals surface area contributed by atoms with Crippen LogP contribution in [0, 0.1) is 0 Å². The Morgan fingerprint density at radius 3 is 1.29 bits per heavy atom. The molecule has 0 aromatic rings. The summed E-state index contributed by atoms with van der Waals surface area (Å²) in [6.07, 6.45) is 6.00. The Kier molecular flexibility index (Phi) is 5.80. The Bertz CT molecular complexity index is 37.3. The molecule has 0 aromatic carbocycles. The van der Waals surface area contributed by atoms with Crippen LogP contribution in [0.1, 0.15) is 25.7 Å². The molecule has 0 heterocycles. The summed E-state index contributed by atoms with van der Waals surface area (Å²) in [6, 6.07) is 0. The van der Waals surface area contributed by atoms with Gasteiger partial charge in [0.1, 0.15) is 0 Å². The summed E-state index contributed by atoms with van der Waals surface area (Å²) >= 11 is 4.05. The molecule has 1 aliphatic carbocycles. The molecule has 0 aliphatic heterocycles. The smallest absolute Gasteiger partial charge is 0.0588 e.